The van der Waals surface area contributed by atoms with Crippen LogP contribution < -0.4 is 10.6 Å². The van der Waals surface area contributed by atoms with Gasteiger partial charge in [0, 0.05) is 18.2 Å². The highest BCUT2D eigenvalue weighted by atomic mass is 16.2. The van der Waals surface area contributed by atoms with Crippen molar-refractivity contribution in [2.75, 3.05) is 26.2 Å². The number of carbonyl (C=O) groups excluding carboxylic acids is 3. The van der Waals surface area contributed by atoms with E-state index < -0.39 is 0 Å². The number of piperidine rings is 1. The summed E-state index contributed by atoms with van der Waals surface area (Å²) < 4.78 is 0. The maximum absolute atomic E-state index is 13.0. The third kappa shape index (κ3) is 4.04. The number of hydrogen-bond donors (Lipinski definition) is 2. The van der Waals surface area contributed by atoms with E-state index in [0.29, 0.717) is 5.56 Å². The molecule has 7 nitrogen and oxygen atoms in total. The van der Waals surface area contributed by atoms with Crippen LogP contribution in [0.4, 0.5) is 4.79 Å². The average molecular weight is 358 g/mol. The van der Waals surface area contributed by atoms with Crippen molar-refractivity contribution in [2.45, 2.75) is 38.8 Å². The molecular weight excluding hydrogens is 332 g/mol. The molecular formula is C19H26N4O3. The lowest BCUT2D eigenvalue weighted by Gasteiger charge is -2.34. The average Bonchev–Trinajstić information content (AvgIpc) is 2.99. The Hall–Kier alpha value is -2.41. The summed E-state index contributed by atoms with van der Waals surface area (Å²) in [5, 5.41) is 5.84. The summed E-state index contributed by atoms with van der Waals surface area (Å²) in [7, 11) is 0. The van der Waals surface area contributed by atoms with Crippen molar-refractivity contribution < 1.29 is 14.4 Å². The largest absolute Gasteiger partial charge is 0.336 e. The van der Waals surface area contributed by atoms with E-state index >= 15 is 0 Å². The highest BCUT2D eigenvalue weighted by Crippen LogP contribution is 2.17. The van der Waals surface area contributed by atoms with Crippen LogP contribution in [0, 0.1) is 0 Å². The molecule has 0 bridgehead atoms. The topological polar surface area (TPSA) is 81.8 Å². The van der Waals surface area contributed by atoms with Crippen LogP contribution in [-0.2, 0) is 11.3 Å². The van der Waals surface area contributed by atoms with Gasteiger partial charge in [-0.05, 0) is 50.0 Å². The van der Waals surface area contributed by atoms with Crippen LogP contribution in [0.15, 0.2) is 24.3 Å². The molecule has 0 aliphatic carbocycles. The van der Waals surface area contributed by atoms with Gasteiger partial charge in [-0.25, -0.2) is 4.79 Å². The van der Waals surface area contributed by atoms with E-state index in [1.165, 1.54) is 4.90 Å². The third-order valence-electron chi connectivity index (χ3n) is 4.95. The minimum absolute atomic E-state index is 0.0532. The molecule has 2 fully saturated rings. The molecule has 2 saturated heterocycles. The number of carbonyl (C=O) groups is 3. The maximum Gasteiger partial charge on any atom is 0.324 e. The smallest absolute Gasteiger partial charge is 0.324 e. The molecule has 7 heteroatoms. The van der Waals surface area contributed by atoms with Gasteiger partial charge in [0.05, 0.1) is 13.1 Å². The quantitative estimate of drug-likeness (QED) is 0.752. The molecule has 4 amide bonds. The van der Waals surface area contributed by atoms with Crippen LogP contribution in [0.2, 0.25) is 0 Å². The lowest BCUT2D eigenvalue weighted by molar-refractivity contribution is -0.125. The number of benzene rings is 1. The zero-order valence-corrected chi connectivity index (χ0v) is 15.2. The van der Waals surface area contributed by atoms with E-state index in [-0.39, 0.29) is 37.0 Å². The number of nitrogens with zero attached hydrogens (tertiary/aromatic N) is 2. The fourth-order valence-corrected chi connectivity index (χ4v) is 3.53. The summed E-state index contributed by atoms with van der Waals surface area (Å²) in [5.74, 6) is -0.171. The molecule has 0 atom stereocenters. The van der Waals surface area contributed by atoms with E-state index in [1.54, 1.807) is 12.1 Å². The Balaban J connectivity index is 1.68. The number of rotatable bonds is 6. The molecule has 0 saturated carbocycles. The van der Waals surface area contributed by atoms with Gasteiger partial charge in [0.15, 0.2) is 0 Å². The van der Waals surface area contributed by atoms with Gasteiger partial charge in [-0.3, -0.25) is 14.5 Å². The summed E-state index contributed by atoms with van der Waals surface area (Å²) in [6.07, 6.45) is 2.89. The molecule has 2 heterocycles. The van der Waals surface area contributed by atoms with Crippen molar-refractivity contribution in [3.8, 4) is 0 Å². The van der Waals surface area contributed by atoms with Crippen LogP contribution in [0.25, 0.3) is 0 Å². The van der Waals surface area contributed by atoms with Crippen molar-refractivity contribution in [3.63, 3.8) is 0 Å². The van der Waals surface area contributed by atoms with E-state index in [9.17, 15) is 14.4 Å². The molecule has 0 spiro atoms. The van der Waals surface area contributed by atoms with Crippen molar-refractivity contribution in [3.05, 3.63) is 35.4 Å². The Morgan fingerprint density at radius 2 is 1.88 bits per heavy atom. The van der Waals surface area contributed by atoms with Crippen LogP contribution in [0.1, 0.15) is 42.1 Å². The summed E-state index contributed by atoms with van der Waals surface area (Å²) >= 11 is 0. The van der Waals surface area contributed by atoms with E-state index in [4.69, 9.17) is 0 Å². The molecule has 0 radical (unpaired) electrons. The summed E-state index contributed by atoms with van der Waals surface area (Å²) in [6.45, 7) is 5.02. The normalized spacial score (nSPS) is 18.1. The van der Waals surface area contributed by atoms with Gasteiger partial charge in [-0.15, -0.1) is 0 Å². The molecule has 0 aromatic heterocycles. The van der Waals surface area contributed by atoms with Crippen molar-refractivity contribution in [1.29, 1.82) is 0 Å². The lowest BCUT2D eigenvalue weighted by atomic mass is 10.0. The first kappa shape index (κ1) is 18.4. The van der Waals surface area contributed by atoms with E-state index in [0.717, 1.165) is 44.5 Å². The zero-order valence-electron chi connectivity index (χ0n) is 15.2. The molecule has 0 unspecified atom stereocenters. The Labute approximate surface area is 153 Å². The predicted molar refractivity (Wildman–Crippen MR) is 97.6 cm³/mol. The third-order valence-corrected chi connectivity index (χ3v) is 4.95. The second-order valence-corrected chi connectivity index (χ2v) is 6.82. The molecule has 140 valence electrons. The maximum atomic E-state index is 13.0. The molecule has 1 aromatic rings. The number of nitrogens with one attached hydrogen (secondary N) is 2. The fraction of sp³-hybridized carbons (Fsp3) is 0.526. The van der Waals surface area contributed by atoms with Crippen molar-refractivity contribution >= 4 is 17.8 Å². The van der Waals surface area contributed by atoms with Gasteiger partial charge in [0.25, 0.3) is 5.91 Å². The number of urea groups is 1. The van der Waals surface area contributed by atoms with Gasteiger partial charge in [-0.1, -0.05) is 19.1 Å². The molecule has 2 N–H and O–H groups in total. The van der Waals surface area contributed by atoms with Crippen LogP contribution in [0.5, 0.6) is 0 Å². The van der Waals surface area contributed by atoms with Crippen molar-refractivity contribution in [2.24, 2.45) is 0 Å². The van der Waals surface area contributed by atoms with Gasteiger partial charge in [0.2, 0.25) is 5.91 Å². The molecule has 2 aliphatic heterocycles. The first-order chi connectivity index (χ1) is 12.6. The highest BCUT2D eigenvalue weighted by Gasteiger charge is 2.29. The second-order valence-electron chi connectivity index (χ2n) is 6.82. The first-order valence-corrected chi connectivity index (χ1v) is 9.29. The van der Waals surface area contributed by atoms with Crippen LogP contribution in [0.3, 0.4) is 0 Å². The standard InChI is InChI=1S/C19H26N4O3/c1-2-11-22(16-7-9-20-10-8-16)18(25)15-5-3-14(4-6-15)13-23-17(24)12-21-19(23)26/h3-6,16,20H,2,7-13H2,1H3,(H,21,26). The van der Waals surface area contributed by atoms with Crippen LogP contribution in [-0.4, -0.2) is 59.9 Å². The zero-order chi connectivity index (χ0) is 18.5. The minimum Gasteiger partial charge on any atom is -0.336 e. The Morgan fingerprint density at radius 3 is 2.46 bits per heavy atom. The monoisotopic (exact) mass is 358 g/mol. The Bertz CT molecular complexity index is 652. The molecule has 3 rings (SSSR count). The number of amides is 4. The van der Waals surface area contributed by atoms with Gasteiger partial charge in [0.1, 0.15) is 0 Å². The highest BCUT2D eigenvalue weighted by molar-refractivity contribution is 6.01. The van der Waals surface area contributed by atoms with Gasteiger partial charge >= 0.3 is 6.03 Å². The molecule has 1 aromatic carbocycles. The minimum atomic E-state index is -0.366. The summed E-state index contributed by atoms with van der Waals surface area (Å²) in [6, 6.07) is 7.14. The summed E-state index contributed by atoms with van der Waals surface area (Å²) in [5.41, 5.74) is 1.48. The second kappa shape index (κ2) is 8.31. The van der Waals surface area contributed by atoms with Crippen LogP contribution >= 0.6 is 0 Å². The fourth-order valence-electron chi connectivity index (χ4n) is 3.53. The summed E-state index contributed by atoms with van der Waals surface area (Å²) in [4.78, 5) is 39.5. The predicted octanol–water partition coefficient (Wildman–Crippen LogP) is 1.34. The van der Waals surface area contributed by atoms with Gasteiger partial charge in [-0.2, -0.15) is 0 Å². The Morgan fingerprint density at radius 1 is 1.19 bits per heavy atom. The number of imide groups is 1. The van der Waals surface area contributed by atoms with Gasteiger partial charge < -0.3 is 15.5 Å². The first-order valence-electron chi connectivity index (χ1n) is 9.29. The van der Waals surface area contributed by atoms with E-state index in [2.05, 4.69) is 17.6 Å². The number of hydrogen-bond acceptors (Lipinski definition) is 4. The SMILES string of the molecule is CCCN(C(=O)c1ccc(CN2C(=O)CNC2=O)cc1)C1CCNCC1. The van der Waals surface area contributed by atoms with Crippen molar-refractivity contribution in [1.82, 2.24) is 20.4 Å². The Kier molecular flexibility index (Phi) is 5.88. The molecule has 2 aliphatic rings. The van der Waals surface area contributed by atoms with E-state index in [1.807, 2.05) is 17.0 Å². The lowest BCUT2D eigenvalue weighted by Crippen LogP contribution is -2.46. The molecule has 26 heavy (non-hydrogen) atoms.